The van der Waals surface area contributed by atoms with Crippen LogP contribution < -0.4 is 5.32 Å². The predicted molar refractivity (Wildman–Crippen MR) is 80.0 cm³/mol. The van der Waals surface area contributed by atoms with Crippen LogP contribution >= 0.6 is 0 Å². The van der Waals surface area contributed by atoms with Crippen molar-refractivity contribution >= 4 is 11.6 Å². The second-order valence-corrected chi connectivity index (χ2v) is 4.85. The Hall–Kier alpha value is -2.96. The van der Waals surface area contributed by atoms with Gasteiger partial charge in [0, 0.05) is 30.6 Å². The Bertz CT molecular complexity index is 762. The van der Waals surface area contributed by atoms with Crippen molar-refractivity contribution in [1.82, 2.24) is 20.0 Å². The fourth-order valence-corrected chi connectivity index (χ4v) is 1.99. The first-order valence-corrected chi connectivity index (χ1v) is 6.84. The molecule has 2 aromatic heterocycles. The molecule has 0 radical (unpaired) electrons. The number of amides is 1. The fourth-order valence-electron chi connectivity index (χ4n) is 1.99. The summed E-state index contributed by atoms with van der Waals surface area (Å²) in [5, 5.41) is 14.7. The van der Waals surface area contributed by atoms with Crippen molar-refractivity contribution in [1.29, 1.82) is 0 Å². The second kappa shape index (κ2) is 5.80. The Morgan fingerprint density at radius 2 is 2.05 bits per heavy atom. The molecule has 0 aliphatic heterocycles. The Kier molecular flexibility index (Phi) is 3.69. The number of carbonyl (C=O) groups is 1. The van der Waals surface area contributed by atoms with E-state index in [-0.39, 0.29) is 11.9 Å². The zero-order valence-electron chi connectivity index (χ0n) is 12.2. The first kappa shape index (κ1) is 14.0. The summed E-state index contributed by atoms with van der Waals surface area (Å²) in [7, 11) is 0. The number of rotatable bonds is 4. The lowest BCUT2D eigenvalue weighted by molar-refractivity contribution is -0.119. The van der Waals surface area contributed by atoms with Gasteiger partial charge in [0.05, 0.1) is 0 Å². The van der Waals surface area contributed by atoms with Crippen molar-refractivity contribution in [2.24, 2.45) is 0 Å². The highest BCUT2D eigenvalue weighted by atomic mass is 16.4. The maximum Gasteiger partial charge on any atom is 0.248 e. The van der Waals surface area contributed by atoms with Gasteiger partial charge in [0.15, 0.2) is 0 Å². The van der Waals surface area contributed by atoms with Crippen LogP contribution in [0.3, 0.4) is 0 Å². The van der Waals surface area contributed by atoms with Crippen molar-refractivity contribution in [3.05, 3.63) is 48.6 Å². The van der Waals surface area contributed by atoms with Gasteiger partial charge in [-0.2, -0.15) is 5.10 Å². The number of nitrogens with one attached hydrogen (secondary N) is 1. The van der Waals surface area contributed by atoms with Gasteiger partial charge < -0.3 is 9.73 Å². The zero-order chi connectivity index (χ0) is 15.5. The molecule has 7 heteroatoms. The average Bonchev–Trinajstić information content (AvgIpc) is 3.18. The van der Waals surface area contributed by atoms with E-state index in [0.717, 1.165) is 5.56 Å². The average molecular weight is 297 g/mol. The molecule has 0 unspecified atom stereocenters. The molecule has 7 nitrogen and oxygen atoms in total. The van der Waals surface area contributed by atoms with Gasteiger partial charge in [-0.3, -0.25) is 9.48 Å². The van der Waals surface area contributed by atoms with Crippen molar-refractivity contribution in [3.8, 4) is 11.5 Å². The topological polar surface area (TPSA) is 85.8 Å². The Labute approximate surface area is 127 Å². The Balaban J connectivity index is 1.69. The molecule has 22 heavy (non-hydrogen) atoms. The normalized spacial score (nSPS) is 12.1. The van der Waals surface area contributed by atoms with Crippen LogP contribution in [0.2, 0.25) is 0 Å². The predicted octanol–water partition coefficient (Wildman–Crippen LogP) is 2.44. The molecular formula is C15H15N5O2. The third-order valence-electron chi connectivity index (χ3n) is 3.23. The summed E-state index contributed by atoms with van der Waals surface area (Å²) in [4.78, 5) is 12.2. The lowest BCUT2D eigenvalue weighted by Gasteiger charge is -2.12. The molecule has 112 valence electrons. The number of aryl methyl sites for hydroxylation is 1. The Morgan fingerprint density at radius 3 is 2.64 bits per heavy atom. The van der Waals surface area contributed by atoms with Crippen LogP contribution in [0.5, 0.6) is 0 Å². The number of hydrogen-bond acceptors (Lipinski definition) is 5. The van der Waals surface area contributed by atoms with Crippen LogP contribution in [0.1, 0.15) is 18.9 Å². The van der Waals surface area contributed by atoms with Crippen LogP contribution in [-0.4, -0.2) is 25.9 Å². The minimum Gasteiger partial charge on any atom is -0.421 e. The van der Waals surface area contributed by atoms with Crippen LogP contribution in [0, 0.1) is 6.92 Å². The molecule has 3 aromatic rings. The standard InChI is InChI=1S/C15H15N5O2/c1-10(20-9-3-8-16-20)14(21)17-13-6-4-12(5-7-13)15-19-18-11(2)22-15/h3-10H,1-2H3,(H,17,21)/t10-/m1/s1. The number of benzene rings is 1. The molecule has 0 saturated carbocycles. The second-order valence-electron chi connectivity index (χ2n) is 4.85. The van der Waals surface area contributed by atoms with Crippen molar-refractivity contribution in [2.45, 2.75) is 19.9 Å². The number of carbonyl (C=O) groups excluding carboxylic acids is 1. The van der Waals surface area contributed by atoms with Gasteiger partial charge in [-0.05, 0) is 37.3 Å². The molecule has 0 fully saturated rings. The first-order chi connectivity index (χ1) is 10.6. The van der Waals surface area contributed by atoms with Crippen molar-refractivity contribution in [2.75, 3.05) is 5.32 Å². The van der Waals surface area contributed by atoms with Gasteiger partial charge in [0.2, 0.25) is 17.7 Å². The zero-order valence-corrected chi connectivity index (χ0v) is 12.2. The highest BCUT2D eigenvalue weighted by molar-refractivity contribution is 5.93. The van der Waals surface area contributed by atoms with Crippen LogP contribution in [0.4, 0.5) is 5.69 Å². The monoisotopic (exact) mass is 297 g/mol. The number of anilines is 1. The van der Waals surface area contributed by atoms with Crippen LogP contribution in [-0.2, 0) is 4.79 Å². The van der Waals surface area contributed by atoms with Crippen molar-refractivity contribution in [3.63, 3.8) is 0 Å². The molecule has 0 aliphatic carbocycles. The maximum atomic E-state index is 12.2. The molecule has 0 bridgehead atoms. The molecule has 3 rings (SSSR count). The number of nitrogens with zero attached hydrogens (tertiary/aromatic N) is 4. The summed E-state index contributed by atoms with van der Waals surface area (Å²) in [5.41, 5.74) is 1.50. The third kappa shape index (κ3) is 2.88. The van der Waals surface area contributed by atoms with Gasteiger partial charge in [-0.15, -0.1) is 10.2 Å². The highest BCUT2D eigenvalue weighted by Gasteiger charge is 2.15. The van der Waals surface area contributed by atoms with E-state index in [1.165, 1.54) is 0 Å². The van der Waals surface area contributed by atoms with Crippen LogP contribution in [0.25, 0.3) is 11.5 Å². The lowest BCUT2D eigenvalue weighted by atomic mass is 10.2. The molecule has 0 saturated heterocycles. The number of aromatic nitrogens is 4. The van der Waals surface area contributed by atoms with Gasteiger partial charge >= 0.3 is 0 Å². The van der Waals surface area contributed by atoms with E-state index in [9.17, 15) is 4.79 Å². The molecule has 1 aromatic carbocycles. The molecule has 0 spiro atoms. The SMILES string of the molecule is Cc1nnc(-c2ccc(NC(=O)[C@@H](C)n3cccn3)cc2)o1. The fraction of sp³-hybridized carbons (Fsp3) is 0.200. The van der Waals surface area contributed by atoms with Crippen molar-refractivity contribution < 1.29 is 9.21 Å². The highest BCUT2D eigenvalue weighted by Crippen LogP contribution is 2.20. The molecule has 1 N–H and O–H groups in total. The maximum absolute atomic E-state index is 12.2. The molecule has 1 amide bonds. The first-order valence-electron chi connectivity index (χ1n) is 6.84. The smallest absolute Gasteiger partial charge is 0.248 e. The number of hydrogen-bond donors (Lipinski definition) is 1. The minimum absolute atomic E-state index is 0.134. The molecule has 0 aliphatic rings. The largest absolute Gasteiger partial charge is 0.421 e. The van der Waals surface area contributed by atoms with Gasteiger partial charge in [0.1, 0.15) is 6.04 Å². The molecule has 1 atom stereocenters. The molecule has 2 heterocycles. The summed E-state index contributed by atoms with van der Waals surface area (Å²) in [6, 6.07) is 8.63. The van der Waals surface area contributed by atoms with E-state index in [4.69, 9.17) is 4.42 Å². The molecular weight excluding hydrogens is 282 g/mol. The van der Waals surface area contributed by atoms with Crippen LogP contribution in [0.15, 0.2) is 47.1 Å². The van der Waals surface area contributed by atoms with Gasteiger partial charge in [0.25, 0.3) is 0 Å². The summed E-state index contributed by atoms with van der Waals surface area (Å²) in [6.07, 6.45) is 3.40. The van der Waals surface area contributed by atoms with E-state index in [0.29, 0.717) is 17.5 Å². The minimum atomic E-state index is -0.381. The van der Waals surface area contributed by atoms with E-state index >= 15 is 0 Å². The summed E-state index contributed by atoms with van der Waals surface area (Å²) in [6.45, 7) is 3.53. The van der Waals surface area contributed by atoms with E-state index < -0.39 is 0 Å². The lowest BCUT2D eigenvalue weighted by Crippen LogP contribution is -2.23. The summed E-state index contributed by atoms with van der Waals surface area (Å²) in [5.74, 6) is 0.839. The summed E-state index contributed by atoms with van der Waals surface area (Å²) < 4.78 is 6.96. The quantitative estimate of drug-likeness (QED) is 0.799. The Morgan fingerprint density at radius 1 is 1.27 bits per heavy atom. The summed E-state index contributed by atoms with van der Waals surface area (Å²) >= 11 is 0. The van der Waals surface area contributed by atoms with Gasteiger partial charge in [-0.1, -0.05) is 0 Å². The van der Waals surface area contributed by atoms with Gasteiger partial charge in [-0.25, -0.2) is 0 Å². The van der Waals surface area contributed by atoms with E-state index in [1.54, 1.807) is 49.1 Å². The van der Waals surface area contributed by atoms with E-state index in [1.807, 2.05) is 12.1 Å². The third-order valence-corrected chi connectivity index (χ3v) is 3.23. The van der Waals surface area contributed by atoms with E-state index in [2.05, 4.69) is 20.6 Å².